The summed E-state index contributed by atoms with van der Waals surface area (Å²) in [6.45, 7) is 6.74. The topological polar surface area (TPSA) is 101 Å². The molecule has 4 rings (SSSR count). The fourth-order valence-electron chi connectivity index (χ4n) is 4.09. The number of carbonyl (C=O) groups excluding carboxylic acids is 1. The molecule has 1 aliphatic rings. The molecule has 10 heteroatoms. The van der Waals surface area contributed by atoms with Gasteiger partial charge in [-0.05, 0) is 48.3 Å². The summed E-state index contributed by atoms with van der Waals surface area (Å²) in [5.74, 6) is 0.162. The predicted molar refractivity (Wildman–Crippen MR) is 133 cm³/mol. The smallest absolute Gasteiger partial charge is 0.277 e. The van der Waals surface area contributed by atoms with Crippen molar-refractivity contribution < 1.29 is 18.3 Å². The van der Waals surface area contributed by atoms with E-state index < -0.39 is 5.82 Å². The molecule has 2 aromatic heterocycles. The molecule has 1 aliphatic carbocycles. The zero-order chi connectivity index (χ0) is 25.0. The lowest BCUT2D eigenvalue weighted by molar-refractivity contribution is -0.113. The van der Waals surface area contributed by atoms with Crippen LogP contribution in [0.2, 0.25) is 0 Å². The average Bonchev–Trinajstić information content (AvgIpc) is 3.45. The van der Waals surface area contributed by atoms with Crippen LogP contribution >= 0.6 is 23.1 Å². The summed E-state index contributed by atoms with van der Waals surface area (Å²) in [6, 6.07) is 8.34. The Morgan fingerprint density at radius 1 is 1.40 bits per heavy atom. The van der Waals surface area contributed by atoms with Crippen LogP contribution in [-0.2, 0) is 24.2 Å². The van der Waals surface area contributed by atoms with Gasteiger partial charge in [0.05, 0.1) is 11.3 Å². The molecular formula is C25H27FN4O3S2. The third-order valence-corrected chi connectivity index (χ3v) is 8.60. The Labute approximate surface area is 212 Å². The molecule has 3 aromatic rings. The van der Waals surface area contributed by atoms with Crippen molar-refractivity contribution in [1.29, 1.82) is 5.26 Å². The first-order valence-electron chi connectivity index (χ1n) is 11.5. The van der Waals surface area contributed by atoms with Gasteiger partial charge in [0.1, 0.15) is 11.1 Å². The van der Waals surface area contributed by atoms with Crippen LogP contribution < -0.4 is 10.1 Å². The number of para-hydroxylation sites is 1. The second-order valence-electron chi connectivity index (χ2n) is 9.12. The molecule has 2 heterocycles. The lowest BCUT2D eigenvalue weighted by Crippen LogP contribution is -2.28. The SMILES string of the molecule is CCC(C)(C)[C@@H]1CCc2c(sc(NC(=O)CSc3nnc(COc4ccccc4F)o3)c2C#N)C1. The van der Waals surface area contributed by atoms with E-state index in [0.717, 1.165) is 43.0 Å². The molecule has 7 nitrogen and oxygen atoms in total. The van der Waals surface area contributed by atoms with Crippen molar-refractivity contribution in [3.63, 3.8) is 0 Å². The lowest BCUT2D eigenvalue weighted by Gasteiger charge is -2.36. The van der Waals surface area contributed by atoms with Crippen LogP contribution in [-0.4, -0.2) is 21.9 Å². The van der Waals surface area contributed by atoms with Crippen LogP contribution in [0.1, 0.15) is 55.5 Å². The van der Waals surface area contributed by atoms with Gasteiger partial charge in [-0.25, -0.2) is 4.39 Å². The molecule has 0 fully saturated rings. The van der Waals surface area contributed by atoms with Gasteiger partial charge in [0.25, 0.3) is 11.1 Å². The number of nitrogens with one attached hydrogen (secondary N) is 1. The maximum atomic E-state index is 13.6. The number of nitriles is 1. The molecule has 0 radical (unpaired) electrons. The summed E-state index contributed by atoms with van der Waals surface area (Å²) < 4.78 is 24.5. The third-order valence-electron chi connectivity index (χ3n) is 6.61. The van der Waals surface area contributed by atoms with Crippen molar-refractivity contribution in [3.8, 4) is 11.8 Å². The van der Waals surface area contributed by atoms with Crippen LogP contribution in [0.4, 0.5) is 9.39 Å². The van der Waals surface area contributed by atoms with Crippen LogP contribution in [0.25, 0.3) is 0 Å². The molecule has 0 saturated heterocycles. The van der Waals surface area contributed by atoms with Crippen molar-refractivity contribution in [2.24, 2.45) is 11.3 Å². The highest BCUT2D eigenvalue weighted by Crippen LogP contribution is 2.45. The molecule has 1 N–H and O–H groups in total. The normalized spacial score (nSPS) is 15.3. The van der Waals surface area contributed by atoms with Crippen LogP contribution in [0.15, 0.2) is 33.9 Å². The zero-order valence-electron chi connectivity index (χ0n) is 19.9. The Hall–Kier alpha value is -2.90. The van der Waals surface area contributed by atoms with E-state index in [1.54, 1.807) is 12.1 Å². The number of halogens is 1. The predicted octanol–water partition coefficient (Wildman–Crippen LogP) is 5.99. The second kappa shape index (κ2) is 10.8. The van der Waals surface area contributed by atoms with Gasteiger partial charge in [0.2, 0.25) is 5.91 Å². The molecule has 0 aliphatic heterocycles. The number of thioether (sulfide) groups is 1. The number of carbonyl (C=O) groups is 1. The maximum absolute atomic E-state index is 13.6. The summed E-state index contributed by atoms with van der Waals surface area (Å²) in [7, 11) is 0. The number of aromatic nitrogens is 2. The number of benzene rings is 1. The van der Waals surface area contributed by atoms with Gasteiger partial charge in [-0.15, -0.1) is 21.5 Å². The van der Waals surface area contributed by atoms with Gasteiger partial charge >= 0.3 is 0 Å². The van der Waals surface area contributed by atoms with E-state index in [4.69, 9.17) is 9.15 Å². The molecule has 0 bridgehead atoms. The molecule has 1 atom stereocenters. The first-order chi connectivity index (χ1) is 16.8. The first kappa shape index (κ1) is 25.2. The number of nitrogens with zero attached hydrogens (tertiary/aromatic N) is 3. The minimum atomic E-state index is -0.477. The number of thiophene rings is 1. The molecule has 1 aromatic carbocycles. The molecular weight excluding hydrogens is 487 g/mol. The van der Waals surface area contributed by atoms with E-state index in [1.165, 1.54) is 28.3 Å². The summed E-state index contributed by atoms with van der Waals surface area (Å²) in [4.78, 5) is 13.8. The second-order valence-corrected chi connectivity index (χ2v) is 11.2. The van der Waals surface area contributed by atoms with Crippen LogP contribution in [0.3, 0.4) is 0 Å². The monoisotopic (exact) mass is 514 g/mol. The highest BCUT2D eigenvalue weighted by molar-refractivity contribution is 7.99. The van der Waals surface area contributed by atoms with Crippen molar-refractivity contribution in [3.05, 3.63) is 52.0 Å². The van der Waals surface area contributed by atoms with Gasteiger partial charge in [-0.1, -0.05) is 51.1 Å². The number of anilines is 1. The van der Waals surface area contributed by atoms with Gasteiger partial charge in [-0.2, -0.15) is 5.26 Å². The molecule has 184 valence electrons. The van der Waals surface area contributed by atoms with Gasteiger partial charge < -0.3 is 14.5 Å². The average molecular weight is 515 g/mol. The fourth-order valence-corrected chi connectivity index (χ4v) is 5.97. The highest BCUT2D eigenvalue weighted by Gasteiger charge is 2.34. The summed E-state index contributed by atoms with van der Waals surface area (Å²) in [6.07, 6.45) is 3.98. The van der Waals surface area contributed by atoms with E-state index in [-0.39, 0.29) is 40.5 Å². The largest absolute Gasteiger partial charge is 0.481 e. The number of hydrogen-bond donors (Lipinski definition) is 1. The summed E-state index contributed by atoms with van der Waals surface area (Å²) >= 11 is 2.60. The molecule has 35 heavy (non-hydrogen) atoms. The fraction of sp³-hybridized carbons (Fsp3) is 0.440. The molecule has 1 amide bonds. The standard InChI is InChI=1S/C25H27FN4O3S2/c1-4-25(2,3)15-9-10-16-17(12-27)23(35-20(16)11-15)28-21(31)14-34-24-30-29-22(33-24)13-32-19-8-6-5-7-18(19)26/h5-8,15H,4,9-11,13-14H2,1-3H3,(H,28,31)/t15-/m1/s1. The Kier molecular flexibility index (Phi) is 7.77. The van der Waals surface area contributed by atoms with Crippen molar-refractivity contribution in [2.75, 3.05) is 11.1 Å². The van der Waals surface area contributed by atoms with E-state index >= 15 is 0 Å². The van der Waals surface area contributed by atoms with Gasteiger partial charge in [0, 0.05) is 4.88 Å². The van der Waals surface area contributed by atoms with Gasteiger partial charge in [-0.3, -0.25) is 4.79 Å². The number of hydrogen-bond acceptors (Lipinski definition) is 8. The van der Waals surface area contributed by atoms with Crippen LogP contribution in [0.5, 0.6) is 5.75 Å². The number of rotatable bonds is 9. The van der Waals surface area contributed by atoms with Crippen molar-refractivity contribution >= 4 is 34.0 Å². The van der Waals surface area contributed by atoms with Gasteiger partial charge in [0.15, 0.2) is 18.2 Å². The molecule has 0 unspecified atom stereocenters. The van der Waals surface area contributed by atoms with Crippen LogP contribution in [0, 0.1) is 28.5 Å². The number of ether oxygens (including phenoxy) is 1. The minimum absolute atomic E-state index is 0.0503. The molecule has 0 saturated carbocycles. The van der Waals surface area contributed by atoms with E-state index in [2.05, 4.69) is 42.4 Å². The van der Waals surface area contributed by atoms with Crippen molar-refractivity contribution in [2.45, 2.75) is 58.3 Å². The van der Waals surface area contributed by atoms with Crippen molar-refractivity contribution in [1.82, 2.24) is 10.2 Å². The highest BCUT2D eigenvalue weighted by atomic mass is 32.2. The minimum Gasteiger partial charge on any atom is -0.481 e. The zero-order valence-corrected chi connectivity index (χ0v) is 21.5. The quantitative estimate of drug-likeness (QED) is 0.350. The Balaban J connectivity index is 1.33. The summed E-state index contributed by atoms with van der Waals surface area (Å²) in [5.41, 5.74) is 1.92. The third kappa shape index (κ3) is 5.85. The van der Waals surface area contributed by atoms with E-state index in [9.17, 15) is 14.4 Å². The first-order valence-corrected chi connectivity index (χ1v) is 13.3. The summed E-state index contributed by atoms with van der Waals surface area (Å²) in [5, 5.41) is 21.2. The molecule has 0 spiro atoms. The van der Waals surface area contributed by atoms with E-state index in [0.29, 0.717) is 16.5 Å². The lowest BCUT2D eigenvalue weighted by atomic mass is 9.69. The Morgan fingerprint density at radius 2 is 2.20 bits per heavy atom. The Bertz CT molecular complexity index is 1250. The number of amides is 1. The number of fused-ring (bicyclic) bond motifs is 1. The van der Waals surface area contributed by atoms with E-state index in [1.807, 2.05) is 0 Å². The Morgan fingerprint density at radius 3 is 2.94 bits per heavy atom. The maximum Gasteiger partial charge on any atom is 0.277 e.